The summed E-state index contributed by atoms with van der Waals surface area (Å²) in [5.74, 6) is -1.46. The van der Waals surface area contributed by atoms with Gasteiger partial charge in [-0.1, -0.05) is 0 Å². The molecular weight excluding hydrogens is 220 g/mol. The molecule has 0 spiro atoms. The van der Waals surface area contributed by atoms with Crippen LogP contribution in [0.5, 0.6) is 0 Å². The molecule has 0 amide bonds. The highest BCUT2D eigenvalue weighted by Crippen LogP contribution is 2.42. The summed E-state index contributed by atoms with van der Waals surface area (Å²) in [4.78, 5) is 0. The van der Waals surface area contributed by atoms with Crippen LogP contribution in [0.15, 0.2) is 0 Å². The molecule has 0 atom stereocenters. The fraction of sp³-hybridized carbons (Fsp3) is 1.00. The lowest BCUT2D eigenvalue weighted by Gasteiger charge is -2.12. The first-order valence-electron chi connectivity index (χ1n) is 3.43. The van der Waals surface area contributed by atoms with E-state index in [4.69, 9.17) is 0 Å². The third-order valence-electron chi connectivity index (χ3n) is 1.26. The monoisotopic (exact) mass is 230 g/mol. The topological polar surface area (TPSA) is 86.7 Å². The Morgan fingerprint density at radius 3 is 1.38 bits per heavy atom. The number of rotatable bonds is 4. The molecule has 0 aromatic carbocycles. The molecule has 1 rings (SSSR count). The van der Waals surface area contributed by atoms with Gasteiger partial charge < -0.3 is 0 Å². The second kappa shape index (κ2) is 2.91. The normalized spacial score (nSPS) is 21.4. The van der Waals surface area contributed by atoms with Crippen molar-refractivity contribution in [3.8, 4) is 0 Å². The van der Waals surface area contributed by atoms with Gasteiger partial charge in [-0.25, -0.2) is 8.37 Å². The van der Waals surface area contributed by atoms with Gasteiger partial charge in [0.2, 0.25) is 5.79 Å². The molecule has 0 heterocycles. The van der Waals surface area contributed by atoms with Crippen molar-refractivity contribution < 1.29 is 25.2 Å². The van der Waals surface area contributed by atoms with Gasteiger partial charge in [0.25, 0.3) is 20.2 Å². The lowest BCUT2D eigenvalue weighted by molar-refractivity contribution is -0.00804. The van der Waals surface area contributed by atoms with Gasteiger partial charge in [0.15, 0.2) is 0 Å². The molecule has 0 radical (unpaired) electrons. The third-order valence-corrected chi connectivity index (χ3v) is 2.48. The molecule has 6 nitrogen and oxygen atoms in total. The summed E-state index contributed by atoms with van der Waals surface area (Å²) < 4.78 is 51.7. The Morgan fingerprint density at radius 1 is 0.923 bits per heavy atom. The molecule has 1 aliphatic carbocycles. The first kappa shape index (κ1) is 10.9. The molecule has 78 valence electrons. The Morgan fingerprint density at radius 2 is 1.23 bits per heavy atom. The molecule has 0 saturated heterocycles. The molecule has 1 saturated carbocycles. The van der Waals surface area contributed by atoms with E-state index >= 15 is 0 Å². The zero-order chi connectivity index (χ0) is 10.3. The van der Waals surface area contributed by atoms with Crippen molar-refractivity contribution in [3.63, 3.8) is 0 Å². The smallest absolute Gasteiger partial charge is 0.234 e. The molecule has 1 aliphatic rings. The summed E-state index contributed by atoms with van der Waals surface area (Å²) in [5, 5.41) is 0. The zero-order valence-electron chi connectivity index (χ0n) is 7.18. The second-order valence-electron chi connectivity index (χ2n) is 2.99. The molecule has 0 aliphatic heterocycles. The molecule has 13 heavy (non-hydrogen) atoms. The zero-order valence-corrected chi connectivity index (χ0v) is 8.81. The Balaban J connectivity index is 2.70. The van der Waals surface area contributed by atoms with Crippen LogP contribution in [0.25, 0.3) is 0 Å². The second-order valence-corrected chi connectivity index (χ2v) is 6.14. The van der Waals surface area contributed by atoms with Crippen LogP contribution in [0, 0.1) is 0 Å². The minimum atomic E-state index is -3.68. The third kappa shape index (κ3) is 4.03. The van der Waals surface area contributed by atoms with Crippen LogP contribution in [0.3, 0.4) is 0 Å². The van der Waals surface area contributed by atoms with Crippen molar-refractivity contribution in [1.82, 2.24) is 0 Å². The SMILES string of the molecule is CS(=O)(=O)OC1(OS(C)(=O)=O)CC1. The van der Waals surface area contributed by atoms with Gasteiger partial charge >= 0.3 is 0 Å². The van der Waals surface area contributed by atoms with Gasteiger partial charge in [-0.2, -0.15) is 16.8 Å². The van der Waals surface area contributed by atoms with Gasteiger partial charge in [0.1, 0.15) is 0 Å². The summed E-state index contributed by atoms with van der Waals surface area (Å²) >= 11 is 0. The van der Waals surface area contributed by atoms with Gasteiger partial charge in [-0.05, 0) is 0 Å². The fourth-order valence-electron chi connectivity index (χ4n) is 0.834. The van der Waals surface area contributed by atoms with Gasteiger partial charge in [-0.15, -0.1) is 0 Å². The molecule has 1 fully saturated rings. The first-order valence-corrected chi connectivity index (χ1v) is 7.06. The Bertz CT molecular complexity index is 351. The van der Waals surface area contributed by atoms with Gasteiger partial charge in [-0.3, -0.25) is 0 Å². The molecule has 0 unspecified atom stereocenters. The standard InChI is InChI=1S/C5H10O6S2/c1-12(6,7)10-5(3-4-5)11-13(2,8)9/h3-4H2,1-2H3. The van der Waals surface area contributed by atoms with E-state index < -0.39 is 26.0 Å². The van der Waals surface area contributed by atoms with E-state index in [9.17, 15) is 16.8 Å². The largest absolute Gasteiger partial charge is 0.267 e. The van der Waals surface area contributed by atoms with Crippen LogP contribution in [-0.4, -0.2) is 35.1 Å². The van der Waals surface area contributed by atoms with E-state index in [1.165, 1.54) is 0 Å². The average molecular weight is 230 g/mol. The number of hydrogen-bond donors (Lipinski definition) is 0. The summed E-state index contributed by atoms with van der Waals surface area (Å²) in [6.45, 7) is 0. The van der Waals surface area contributed by atoms with Crippen LogP contribution in [0.4, 0.5) is 0 Å². The van der Waals surface area contributed by atoms with E-state index in [1.54, 1.807) is 0 Å². The molecule has 0 aromatic heterocycles. The highest BCUT2D eigenvalue weighted by molar-refractivity contribution is 7.86. The van der Waals surface area contributed by atoms with E-state index in [0.717, 1.165) is 12.5 Å². The first-order chi connectivity index (χ1) is 5.62. The van der Waals surface area contributed by atoms with Crippen LogP contribution < -0.4 is 0 Å². The predicted molar refractivity (Wildman–Crippen MR) is 43.8 cm³/mol. The van der Waals surface area contributed by atoms with Crippen molar-refractivity contribution in [2.75, 3.05) is 12.5 Å². The maximum Gasteiger partial charge on any atom is 0.267 e. The van der Waals surface area contributed by atoms with Crippen LogP contribution in [-0.2, 0) is 28.6 Å². The maximum absolute atomic E-state index is 10.7. The van der Waals surface area contributed by atoms with E-state index in [-0.39, 0.29) is 12.8 Å². The maximum atomic E-state index is 10.7. The highest BCUT2D eigenvalue weighted by Gasteiger charge is 2.51. The highest BCUT2D eigenvalue weighted by atomic mass is 32.2. The lowest BCUT2D eigenvalue weighted by Crippen LogP contribution is -2.25. The molecule has 0 N–H and O–H groups in total. The van der Waals surface area contributed by atoms with Crippen molar-refractivity contribution in [1.29, 1.82) is 0 Å². The van der Waals surface area contributed by atoms with Crippen molar-refractivity contribution >= 4 is 20.2 Å². The lowest BCUT2D eigenvalue weighted by atomic mass is 10.7. The van der Waals surface area contributed by atoms with Crippen LogP contribution in [0.1, 0.15) is 12.8 Å². The Hall–Kier alpha value is -0.180. The van der Waals surface area contributed by atoms with E-state index in [2.05, 4.69) is 8.37 Å². The van der Waals surface area contributed by atoms with E-state index in [0.29, 0.717) is 0 Å². The van der Waals surface area contributed by atoms with Crippen molar-refractivity contribution in [2.45, 2.75) is 18.6 Å². The number of hydrogen-bond acceptors (Lipinski definition) is 6. The van der Waals surface area contributed by atoms with Crippen LogP contribution in [0.2, 0.25) is 0 Å². The molecular formula is C5H10O6S2. The van der Waals surface area contributed by atoms with Crippen molar-refractivity contribution in [2.24, 2.45) is 0 Å². The van der Waals surface area contributed by atoms with Gasteiger partial charge in [0.05, 0.1) is 12.5 Å². The summed E-state index contributed by atoms with van der Waals surface area (Å²) in [6.07, 6.45) is 2.23. The summed E-state index contributed by atoms with van der Waals surface area (Å²) in [7, 11) is -7.36. The molecule has 0 aromatic rings. The Kier molecular flexibility index (Phi) is 2.44. The molecule has 0 bridgehead atoms. The predicted octanol–water partition coefficient (Wildman–Crippen LogP) is -0.571. The fourth-order valence-corrected chi connectivity index (χ4v) is 2.38. The summed E-state index contributed by atoms with van der Waals surface area (Å²) in [6, 6.07) is 0. The minimum absolute atomic E-state index is 0.271. The minimum Gasteiger partial charge on any atom is -0.234 e. The van der Waals surface area contributed by atoms with Gasteiger partial charge in [0, 0.05) is 12.8 Å². The van der Waals surface area contributed by atoms with Crippen molar-refractivity contribution in [3.05, 3.63) is 0 Å². The average Bonchev–Trinajstić information content (AvgIpc) is 2.36. The summed E-state index contributed by atoms with van der Waals surface area (Å²) in [5.41, 5.74) is 0. The Labute approximate surface area is 77.1 Å². The van der Waals surface area contributed by atoms with E-state index in [1.807, 2.05) is 0 Å². The quantitative estimate of drug-likeness (QED) is 0.475. The molecule has 8 heteroatoms. The van der Waals surface area contributed by atoms with Crippen LogP contribution >= 0.6 is 0 Å².